The van der Waals surface area contributed by atoms with Gasteiger partial charge in [-0.3, -0.25) is 20.2 Å². The van der Waals surface area contributed by atoms with Gasteiger partial charge >= 0.3 is 5.97 Å². The van der Waals surface area contributed by atoms with Crippen LogP contribution in [0.2, 0.25) is 0 Å². The molecule has 0 unspecified atom stereocenters. The highest BCUT2D eigenvalue weighted by Crippen LogP contribution is 2.23. The van der Waals surface area contributed by atoms with Gasteiger partial charge in [-0.25, -0.2) is 4.79 Å². The zero-order valence-electron chi connectivity index (χ0n) is 13.7. The maximum Gasteiger partial charge on any atom is 0.331 e. The number of benzene rings is 2. The summed E-state index contributed by atoms with van der Waals surface area (Å²) >= 11 is 0. The van der Waals surface area contributed by atoms with E-state index in [9.17, 15) is 25.0 Å². The molecule has 0 aromatic heterocycles. The van der Waals surface area contributed by atoms with E-state index in [1.165, 1.54) is 43.5 Å². The summed E-state index contributed by atoms with van der Waals surface area (Å²) in [6, 6.07) is 11.7. The maximum atomic E-state index is 11.6. The van der Waals surface area contributed by atoms with Crippen LogP contribution in [0.25, 0.3) is 11.6 Å². The minimum Gasteiger partial charge on any atom is -0.466 e. The molecule has 0 aliphatic rings. The number of hydrogen-bond acceptors (Lipinski definition) is 6. The standard InChI is InChI=1S/C18H14N2O6/c1-26-18(21)12-15(14-3-2-4-17(11-14)20(24)25)8-5-13-6-9-16(10-7-13)19(22)23/h2-12H,1H3. The molecule has 8 heteroatoms. The van der Waals surface area contributed by atoms with E-state index >= 15 is 0 Å². The number of carbonyl (C=O) groups is 1. The minimum atomic E-state index is -0.611. The van der Waals surface area contributed by atoms with Crippen LogP contribution in [0.3, 0.4) is 0 Å². The lowest BCUT2D eigenvalue weighted by atomic mass is 10.0. The highest BCUT2D eigenvalue weighted by molar-refractivity contribution is 5.95. The minimum absolute atomic E-state index is 0.0360. The highest BCUT2D eigenvalue weighted by atomic mass is 16.6. The van der Waals surface area contributed by atoms with E-state index in [0.717, 1.165) is 0 Å². The van der Waals surface area contributed by atoms with Gasteiger partial charge in [0.25, 0.3) is 11.4 Å². The van der Waals surface area contributed by atoms with Crippen molar-refractivity contribution in [1.29, 1.82) is 0 Å². The molecule has 0 N–H and O–H groups in total. The molecule has 2 aromatic rings. The van der Waals surface area contributed by atoms with Gasteiger partial charge in [0.05, 0.1) is 17.0 Å². The number of methoxy groups -OCH3 is 1. The van der Waals surface area contributed by atoms with Crippen molar-refractivity contribution in [2.75, 3.05) is 7.11 Å². The number of non-ortho nitro benzene ring substituents is 2. The number of esters is 1. The van der Waals surface area contributed by atoms with Crippen LogP contribution in [-0.4, -0.2) is 22.9 Å². The van der Waals surface area contributed by atoms with Gasteiger partial charge in [-0.1, -0.05) is 24.3 Å². The van der Waals surface area contributed by atoms with Gasteiger partial charge < -0.3 is 4.74 Å². The monoisotopic (exact) mass is 354 g/mol. The molecule has 0 aliphatic carbocycles. The lowest BCUT2D eigenvalue weighted by molar-refractivity contribution is -0.385. The third kappa shape index (κ3) is 4.84. The molecule has 0 saturated carbocycles. The fourth-order valence-corrected chi connectivity index (χ4v) is 2.11. The van der Waals surface area contributed by atoms with Crippen LogP contribution < -0.4 is 0 Å². The van der Waals surface area contributed by atoms with Crippen molar-refractivity contribution in [3.8, 4) is 0 Å². The van der Waals surface area contributed by atoms with Gasteiger partial charge in [0.15, 0.2) is 0 Å². The fraction of sp³-hybridized carbons (Fsp3) is 0.0556. The first-order chi connectivity index (χ1) is 12.4. The molecule has 0 radical (unpaired) electrons. The molecule has 0 atom stereocenters. The molecule has 0 aliphatic heterocycles. The quantitative estimate of drug-likeness (QED) is 0.256. The number of nitro benzene ring substituents is 2. The van der Waals surface area contributed by atoms with Crippen LogP contribution in [0.1, 0.15) is 11.1 Å². The summed E-state index contributed by atoms with van der Waals surface area (Å²) in [4.78, 5) is 32.2. The third-order valence-electron chi connectivity index (χ3n) is 3.42. The molecular weight excluding hydrogens is 340 g/mol. The average Bonchev–Trinajstić information content (AvgIpc) is 2.65. The Labute approximate surface area is 148 Å². The second-order valence-electron chi connectivity index (χ2n) is 5.11. The Bertz CT molecular complexity index is 900. The van der Waals surface area contributed by atoms with Gasteiger partial charge in [0.2, 0.25) is 0 Å². The van der Waals surface area contributed by atoms with Crippen molar-refractivity contribution in [3.05, 3.63) is 92.0 Å². The molecule has 2 rings (SSSR count). The van der Waals surface area contributed by atoms with Crippen LogP contribution in [0.15, 0.2) is 60.7 Å². The van der Waals surface area contributed by atoms with Crippen LogP contribution in [-0.2, 0) is 9.53 Å². The Hall–Kier alpha value is -3.81. The summed E-state index contributed by atoms with van der Waals surface area (Å²) < 4.78 is 4.62. The predicted molar refractivity (Wildman–Crippen MR) is 95.2 cm³/mol. The van der Waals surface area contributed by atoms with Crippen LogP contribution in [0.4, 0.5) is 11.4 Å². The first-order valence-electron chi connectivity index (χ1n) is 7.37. The summed E-state index contributed by atoms with van der Waals surface area (Å²) in [6.45, 7) is 0. The van der Waals surface area contributed by atoms with Crippen molar-refractivity contribution in [3.63, 3.8) is 0 Å². The summed E-state index contributed by atoms with van der Waals surface area (Å²) in [5.41, 5.74) is 1.38. The smallest absolute Gasteiger partial charge is 0.331 e. The molecule has 8 nitrogen and oxygen atoms in total. The van der Waals surface area contributed by atoms with E-state index in [1.54, 1.807) is 30.4 Å². The Morgan fingerprint density at radius 3 is 2.23 bits per heavy atom. The molecule has 2 aromatic carbocycles. The first kappa shape index (κ1) is 18.5. The topological polar surface area (TPSA) is 113 Å². The van der Waals surface area contributed by atoms with Gasteiger partial charge in [-0.15, -0.1) is 0 Å². The molecule has 0 fully saturated rings. The summed E-state index contributed by atoms with van der Waals surface area (Å²) in [5.74, 6) is -0.611. The SMILES string of the molecule is COC(=O)C=C(C=Cc1ccc([N+](=O)[O-])cc1)c1cccc([N+](=O)[O-])c1. The van der Waals surface area contributed by atoms with Crippen molar-refractivity contribution >= 4 is 29.0 Å². The largest absolute Gasteiger partial charge is 0.466 e. The maximum absolute atomic E-state index is 11.6. The molecule has 0 spiro atoms. The molecule has 0 amide bonds. The van der Waals surface area contributed by atoms with E-state index in [1.807, 2.05) is 0 Å². The van der Waals surface area contributed by atoms with Crippen molar-refractivity contribution < 1.29 is 19.4 Å². The molecule has 26 heavy (non-hydrogen) atoms. The van der Waals surface area contributed by atoms with Gasteiger partial charge in [-0.2, -0.15) is 0 Å². The molecule has 132 valence electrons. The van der Waals surface area contributed by atoms with Gasteiger partial charge in [0, 0.05) is 30.3 Å². The lowest BCUT2D eigenvalue weighted by Gasteiger charge is -2.03. The van der Waals surface area contributed by atoms with Crippen LogP contribution >= 0.6 is 0 Å². The third-order valence-corrected chi connectivity index (χ3v) is 3.42. The zero-order chi connectivity index (χ0) is 19.1. The summed E-state index contributed by atoms with van der Waals surface area (Å²) in [7, 11) is 1.23. The highest BCUT2D eigenvalue weighted by Gasteiger charge is 2.09. The summed E-state index contributed by atoms with van der Waals surface area (Å²) in [6.07, 6.45) is 4.43. The fourth-order valence-electron chi connectivity index (χ4n) is 2.11. The van der Waals surface area contributed by atoms with Crippen LogP contribution in [0, 0.1) is 20.2 Å². The molecule has 0 bridgehead atoms. The average molecular weight is 354 g/mol. The van der Waals surface area contributed by atoms with E-state index in [0.29, 0.717) is 16.7 Å². The van der Waals surface area contributed by atoms with Crippen molar-refractivity contribution in [1.82, 2.24) is 0 Å². The number of nitro groups is 2. The molecular formula is C18H14N2O6. The van der Waals surface area contributed by atoms with Gasteiger partial charge in [-0.05, 0) is 28.8 Å². The number of rotatable bonds is 6. The Morgan fingerprint density at radius 1 is 1.00 bits per heavy atom. The van der Waals surface area contributed by atoms with E-state index in [4.69, 9.17) is 0 Å². The number of allylic oxidation sites excluding steroid dienone is 2. The summed E-state index contributed by atoms with van der Waals surface area (Å²) in [5, 5.41) is 21.6. The Kier molecular flexibility index (Phi) is 5.94. The predicted octanol–water partition coefficient (Wildman–Crippen LogP) is 3.77. The lowest BCUT2D eigenvalue weighted by Crippen LogP contribution is -1.97. The van der Waals surface area contributed by atoms with Gasteiger partial charge in [0.1, 0.15) is 0 Å². The molecule has 0 heterocycles. The Balaban J connectivity index is 2.38. The van der Waals surface area contributed by atoms with Crippen molar-refractivity contribution in [2.24, 2.45) is 0 Å². The zero-order valence-corrected chi connectivity index (χ0v) is 13.7. The second-order valence-corrected chi connectivity index (χ2v) is 5.11. The van der Waals surface area contributed by atoms with Crippen molar-refractivity contribution in [2.45, 2.75) is 0 Å². The number of ether oxygens (including phenoxy) is 1. The van der Waals surface area contributed by atoms with E-state index in [-0.39, 0.29) is 11.4 Å². The molecule has 0 saturated heterocycles. The number of hydrogen-bond donors (Lipinski definition) is 0. The Morgan fingerprint density at radius 2 is 1.65 bits per heavy atom. The number of carbonyl (C=O) groups excluding carboxylic acids is 1. The first-order valence-corrected chi connectivity index (χ1v) is 7.37. The number of nitrogens with zero attached hydrogens (tertiary/aromatic N) is 2. The normalized spacial score (nSPS) is 11.3. The van der Waals surface area contributed by atoms with E-state index < -0.39 is 15.8 Å². The van der Waals surface area contributed by atoms with E-state index in [2.05, 4.69) is 4.74 Å². The second kappa shape index (κ2) is 8.34. The van der Waals surface area contributed by atoms with Crippen LogP contribution in [0.5, 0.6) is 0 Å².